The molecule has 1 aromatic carbocycles. The highest BCUT2D eigenvalue weighted by molar-refractivity contribution is 9.10. The zero-order valence-electron chi connectivity index (χ0n) is 13.1. The van der Waals surface area contributed by atoms with Gasteiger partial charge in [0.1, 0.15) is 18.0 Å². The van der Waals surface area contributed by atoms with Crippen molar-refractivity contribution in [1.29, 1.82) is 0 Å². The van der Waals surface area contributed by atoms with Gasteiger partial charge in [-0.1, -0.05) is 6.07 Å². The fourth-order valence-corrected chi connectivity index (χ4v) is 3.38. The average Bonchev–Trinajstić information content (AvgIpc) is 2.51. The third kappa shape index (κ3) is 4.48. The van der Waals surface area contributed by atoms with Crippen molar-refractivity contribution < 1.29 is 4.39 Å². The Morgan fingerprint density at radius 1 is 1.35 bits per heavy atom. The first kappa shape index (κ1) is 16.3. The molecule has 0 saturated carbocycles. The van der Waals surface area contributed by atoms with Gasteiger partial charge < -0.3 is 5.32 Å². The van der Waals surface area contributed by atoms with Gasteiger partial charge in [-0.2, -0.15) is 0 Å². The Bertz CT molecular complexity index is 679. The molecule has 1 fully saturated rings. The maximum Gasteiger partial charge on any atom is 0.137 e. The van der Waals surface area contributed by atoms with Crippen molar-refractivity contribution in [2.24, 2.45) is 0 Å². The van der Waals surface area contributed by atoms with E-state index < -0.39 is 0 Å². The number of rotatable bonds is 4. The number of likely N-dealkylation sites (tertiary alicyclic amines) is 1. The molecule has 23 heavy (non-hydrogen) atoms. The van der Waals surface area contributed by atoms with Gasteiger partial charge in [0.2, 0.25) is 0 Å². The van der Waals surface area contributed by atoms with E-state index in [-0.39, 0.29) is 5.82 Å². The highest BCUT2D eigenvalue weighted by Crippen LogP contribution is 2.20. The molecule has 1 aromatic heterocycles. The van der Waals surface area contributed by atoms with Crippen molar-refractivity contribution >= 4 is 21.7 Å². The topological polar surface area (TPSA) is 41.0 Å². The lowest BCUT2D eigenvalue weighted by molar-refractivity contribution is 0.208. The molecule has 3 rings (SSSR count). The van der Waals surface area contributed by atoms with E-state index in [0.29, 0.717) is 10.5 Å². The zero-order valence-corrected chi connectivity index (χ0v) is 14.7. The predicted molar refractivity (Wildman–Crippen MR) is 92.8 cm³/mol. The third-order valence-electron chi connectivity index (χ3n) is 4.05. The van der Waals surface area contributed by atoms with Crippen molar-refractivity contribution in [3.63, 3.8) is 0 Å². The molecule has 1 atom stereocenters. The second kappa shape index (κ2) is 7.36. The van der Waals surface area contributed by atoms with E-state index in [9.17, 15) is 4.39 Å². The number of hydrogen-bond acceptors (Lipinski definition) is 4. The molecule has 0 aliphatic carbocycles. The van der Waals surface area contributed by atoms with Gasteiger partial charge in [0, 0.05) is 30.9 Å². The first-order valence-corrected chi connectivity index (χ1v) is 8.61. The molecule has 2 aromatic rings. The van der Waals surface area contributed by atoms with Crippen LogP contribution in [-0.2, 0) is 6.54 Å². The highest BCUT2D eigenvalue weighted by atomic mass is 79.9. The van der Waals surface area contributed by atoms with Gasteiger partial charge in [0.25, 0.3) is 0 Å². The molecule has 0 spiro atoms. The lowest BCUT2D eigenvalue weighted by Crippen LogP contribution is -2.41. The van der Waals surface area contributed by atoms with Gasteiger partial charge in [-0.3, -0.25) is 4.90 Å². The van der Waals surface area contributed by atoms with Gasteiger partial charge in [-0.25, -0.2) is 14.4 Å². The second-order valence-electron chi connectivity index (χ2n) is 6.01. The van der Waals surface area contributed by atoms with Gasteiger partial charge in [0.05, 0.1) is 4.47 Å². The van der Waals surface area contributed by atoms with Crippen LogP contribution in [0.3, 0.4) is 0 Å². The minimum Gasteiger partial charge on any atom is -0.366 e. The Kier molecular flexibility index (Phi) is 5.23. The molecule has 6 heteroatoms. The number of anilines is 1. The molecule has 122 valence electrons. The fourth-order valence-electron chi connectivity index (χ4n) is 2.96. The second-order valence-corrected chi connectivity index (χ2v) is 6.87. The highest BCUT2D eigenvalue weighted by Gasteiger charge is 2.20. The van der Waals surface area contributed by atoms with Gasteiger partial charge in [-0.05, 0) is 59.9 Å². The molecular weight excluding hydrogens is 359 g/mol. The molecule has 1 aliphatic rings. The van der Waals surface area contributed by atoms with Crippen LogP contribution in [0.4, 0.5) is 10.2 Å². The van der Waals surface area contributed by atoms with Gasteiger partial charge in [0.15, 0.2) is 0 Å². The van der Waals surface area contributed by atoms with Crippen molar-refractivity contribution in [3.8, 4) is 0 Å². The van der Waals surface area contributed by atoms with Gasteiger partial charge >= 0.3 is 0 Å². The summed E-state index contributed by atoms with van der Waals surface area (Å²) in [5.41, 5.74) is 2.09. The van der Waals surface area contributed by atoms with E-state index >= 15 is 0 Å². The Balaban J connectivity index is 1.60. The van der Waals surface area contributed by atoms with Crippen LogP contribution in [0.15, 0.2) is 35.1 Å². The Labute approximate surface area is 144 Å². The average molecular weight is 379 g/mol. The van der Waals surface area contributed by atoms with Crippen LogP contribution in [-0.4, -0.2) is 34.0 Å². The minimum atomic E-state index is -0.217. The molecule has 0 bridgehead atoms. The summed E-state index contributed by atoms with van der Waals surface area (Å²) in [6, 6.07) is 7.58. The minimum absolute atomic E-state index is 0.217. The summed E-state index contributed by atoms with van der Waals surface area (Å²) < 4.78 is 13.9. The van der Waals surface area contributed by atoms with Crippen LogP contribution < -0.4 is 5.32 Å². The van der Waals surface area contributed by atoms with Crippen LogP contribution >= 0.6 is 15.9 Å². The lowest BCUT2D eigenvalue weighted by Gasteiger charge is -2.33. The number of nitrogens with zero attached hydrogens (tertiary/aromatic N) is 3. The zero-order chi connectivity index (χ0) is 16.2. The first-order valence-electron chi connectivity index (χ1n) is 7.81. The van der Waals surface area contributed by atoms with E-state index in [4.69, 9.17) is 0 Å². The summed E-state index contributed by atoms with van der Waals surface area (Å²) in [7, 11) is 0. The quantitative estimate of drug-likeness (QED) is 0.878. The van der Waals surface area contributed by atoms with E-state index in [2.05, 4.69) is 36.1 Å². The number of aryl methyl sites for hydroxylation is 1. The van der Waals surface area contributed by atoms with Crippen molar-refractivity contribution in [1.82, 2.24) is 14.9 Å². The summed E-state index contributed by atoms with van der Waals surface area (Å²) in [6.45, 7) is 4.82. The number of piperidine rings is 1. The molecule has 0 amide bonds. The number of aromatic nitrogens is 2. The van der Waals surface area contributed by atoms with E-state index in [1.807, 2.05) is 25.1 Å². The Morgan fingerprint density at radius 2 is 2.22 bits per heavy atom. The van der Waals surface area contributed by atoms with Crippen molar-refractivity contribution in [2.45, 2.75) is 32.4 Å². The maximum atomic E-state index is 13.3. The summed E-state index contributed by atoms with van der Waals surface area (Å²) >= 11 is 3.25. The third-order valence-corrected chi connectivity index (χ3v) is 4.66. The largest absolute Gasteiger partial charge is 0.366 e. The van der Waals surface area contributed by atoms with Crippen LogP contribution in [0.1, 0.15) is 24.1 Å². The molecular formula is C17H20BrFN4. The number of nitrogens with one attached hydrogen (secondary N) is 1. The molecule has 1 aliphatic heterocycles. The van der Waals surface area contributed by atoms with E-state index in [1.165, 1.54) is 6.07 Å². The first-order chi connectivity index (χ1) is 11.1. The standard InChI is InChI=1S/C17H20BrFN4/c1-12-7-17(21-11-20-12)22-14-3-2-6-23(10-14)9-13-4-5-16(19)15(18)8-13/h4-5,7-8,11,14H,2-3,6,9-10H2,1H3,(H,20,21,22). The Hall–Kier alpha value is -1.53. The summed E-state index contributed by atoms with van der Waals surface area (Å²) in [5.74, 6) is 0.667. The summed E-state index contributed by atoms with van der Waals surface area (Å²) in [5, 5.41) is 3.50. The SMILES string of the molecule is Cc1cc(NC2CCCN(Cc3ccc(F)c(Br)c3)C2)ncn1. The summed E-state index contributed by atoms with van der Waals surface area (Å²) in [4.78, 5) is 10.8. The van der Waals surface area contributed by atoms with Crippen molar-refractivity contribution in [2.75, 3.05) is 18.4 Å². The number of halogens is 2. The van der Waals surface area contributed by atoms with E-state index in [1.54, 1.807) is 6.33 Å². The predicted octanol–water partition coefficient (Wildman–Crippen LogP) is 3.76. The van der Waals surface area contributed by atoms with Crippen LogP contribution in [0.5, 0.6) is 0 Å². The summed E-state index contributed by atoms with van der Waals surface area (Å²) in [6.07, 6.45) is 3.87. The van der Waals surface area contributed by atoms with E-state index in [0.717, 1.165) is 49.6 Å². The van der Waals surface area contributed by atoms with Crippen LogP contribution in [0.25, 0.3) is 0 Å². The monoisotopic (exact) mass is 378 g/mol. The van der Waals surface area contributed by atoms with Crippen LogP contribution in [0, 0.1) is 12.7 Å². The van der Waals surface area contributed by atoms with Crippen molar-refractivity contribution in [3.05, 3.63) is 52.1 Å². The molecule has 1 N–H and O–H groups in total. The smallest absolute Gasteiger partial charge is 0.137 e. The van der Waals surface area contributed by atoms with Crippen LogP contribution in [0.2, 0.25) is 0 Å². The Morgan fingerprint density at radius 3 is 3.00 bits per heavy atom. The molecule has 1 saturated heterocycles. The fraction of sp³-hybridized carbons (Fsp3) is 0.412. The molecule has 0 radical (unpaired) electrons. The number of benzene rings is 1. The normalized spacial score (nSPS) is 18.8. The molecule has 4 nitrogen and oxygen atoms in total. The maximum absolute atomic E-state index is 13.3. The lowest BCUT2D eigenvalue weighted by atomic mass is 10.0. The number of hydrogen-bond donors (Lipinski definition) is 1. The molecule has 2 heterocycles. The molecule has 1 unspecified atom stereocenters. The van der Waals surface area contributed by atoms with Gasteiger partial charge in [-0.15, -0.1) is 0 Å².